The molecule has 4 aromatic rings. The number of hydrogen-bond donors (Lipinski definition) is 1. The van der Waals surface area contributed by atoms with Crippen molar-refractivity contribution in [2.24, 2.45) is 0 Å². The molecule has 0 aliphatic carbocycles. The van der Waals surface area contributed by atoms with Gasteiger partial charge in [-0.05, 0) is 40.1 Å². The summed E-state index contributed by atoms with van der Waals surface area (Å²) in [6.45, 7) is 0. The monoisotopic (exact) mass is 369 g/mol. The first-order valence-corrected chi connectivity index (χ1v) is 9.27. The molecule has 5 heteroatoms. The molecular weight excluding hydrogens is 354 g/mol. The Hall–Kier alpha value is -3.49. The smallest absolute Gasteiger partial charge is 0.229 e. The van der Waals surface area contributed by atoms with Crippen LogP contribution in [0.25, 0.3) is 21.2 Å². The average Bonchev–Trinajstić information content (AvgIpc) is 3.11. The number of rotatable bonds is 4. The summed E-state index contributed by atoms with van der Waals surface area (Å²) in [6, 6.07) is 21.7. The molecular formula is C22H15N3OS. The van der Waals surface area contributed by atoms with E-state index in [1.807, 2.05) is 54.6 Å². The van der Waals surface area contributed by atoms with Crippen LogP contribution in [-0.2, 0) is 11.2 Å². The molecule has 130 valence electrons. The van der Waals surface area contributed by atoms with Crippen molar-refractivity contribution < 1.29 is 4.79 Å². The molecule has 0 fully saturated rings. The maximum absolute atomic E-state index is 12.6. The van der Waals surface area contributed by atoms with Gasteiger partial charge in [0.1, 0.15) is 11.1 Å². The van der Waals surface area contributed by atoms with Crippen LogP contribution < -0.4 is 5.32 Å². The van der Waals surface area contributed by atoms with E-state index in [2.05, 4.69) is 16.4 Å². The van der Waals surface area contributed by atoms with Crippen LogP contribution in [-0.4, -0.2) is 10.9 Å². The van der Waals surface area contributed by atoms with Gasteiger partial charge in [-0.15, -0.1) is 11.3 Å². The van der Waals surface area contributed by atoms with Gasteiger partial charge in [-0.1, -0.05) is 42.5 Å². The molecule has 2 heterocycles. The second-order valence-electron chi connectivity index (χ2n) is 6.06. The lowest BCUT2D eigenvalue weighted by atomic mass is 10.0. The van der Waals surface area contributed by atoms with Crippen molar-refractivity contribution in [2.75, 3.05) is 5.32 Å². The van der Waals surface area contributed by atoms with Gasteiger partial charge in [0.2, 0.25) is 5.91 Å². The number of thiophene rings is 1. The lowest BCUT2D eigenvalue weighted by Gasteiger charge is -2.07. The van der Waals surface area contributed by atoms with Gasteiger partial charge in [0, 0.05) is 17.3 Å². The van der Waals surface area contributed by atoms with E-state index in [1.54, 1.807) is 18.5 Å². The Kier molecular flexibility index (Phi) is 4.65. The van der Waals surface area contributed by atoms with Crippen LogP contribution in [0.5, 0.6) is 0 Å². The first-order valence-electron chi connectivity index (χ1n) is 8.45. The minimum Gasteiger partial charge on any atom is -0.316 e. The van der Waals surface area contributed by atoms with Crippen LogP contribution in [0.15, 0.2) is 73.1 Å². The zero-order chi connectivity index (χ0) is 18.6. The minimum absolute atomic E-state index is 0.133. The van der Waals surface area contributed by atoms with E-state index in [-0.39, 0.29) is 12.3 Å². The lowest BCUT2D eigenvalue weighted by molar-refractivity contribution is -0.115. The normalized spacial score (nSPS) is 10.5. The summed E-state index contributed by atoms with van der Waals surface area (Å²) >= 11 is 1.40. The van der Waals surface area contributed by atoms with E-state index in [0.29, 0.717) is 10.6 Å². The van der Waals surface area contributed by atoms with Crippen LogP contribution >= 0.6 is 11.3 Å². The van der Waals surface area contributed by atoms with Gasteiger partial charge >= 0.3 is 0 Å². The van der Waals surface area contributed by atoms with Gasteiger partial charge in [0.15, 0.2) is 0 Å². The number of benzene rings is 2. The van der Waals surface area contributed by atoms with E-state index in [0.717, 1.165) is 26.8 Å². The van der Waals surface area contributed by atoms with Crippen LogP contribution in [0.3, 0.4) is 0 Å². The van der Waals surface area contributed by atoms with Crippen LogP contribution in [0.1, 0.15) is 11.1 Å². The molecule has 1 amide bonds. The van der Waals surface area contributed by atoms with Crippen molar-refractivity contribution in [1.29, 1.82) is 5.26 Å². The highest BCUT2D eigenvalue weighted by atomic mass is 32.1. The second kappa shape index (κ2) is 7.40. The molecule has 0 unspecified atom stereocenters. The van der Waals surface area contributed by atoms with Gasteiger partial charge in [-0.3, -0.25) is 9.78 Å². The van der Waals surface area contributed by atoms with Crippen molar-refractivity contribution in [3.05, 3.63) is 84.2 Å². The molecule has 0 bridgehead atoms. The van der Waals surface area contributed by atoms with E-state index < -0.39 is 0 Å². The fourth-order valence-electron chi connectivity index (χ4n) is 3.02. The predicted molar refractivity (Wildman–Crippen MR) is 109 cm³/mol. The molecule has 27 heavy (non-hydrogen) atoms. The standard InChI is InChI=1S/C22H15N3OS/c23-14-18-12-20(16-8-10-24-11-9-16)27-22(18)25-21(26)13-17-6-3-5-15-4-1-2-7-19(15)17/h1-12H,13H2,(H,25,26). The number of pyridine rings is 1. The van der Waals surface area contributed by atoms with Crippen molar-refractivity contribution in [3.63, 3.8) is 0 Å². The largest absolute Gasteiger partial charge is 0.316 e. The Balaban J connectivity index is 1.58. The molecule has 0 atom stereocenters. The molecule has 4 nitrogen and oxygen atoms in total. The zero-order valence-corrected chi connectivity index (χ0v) is 15.2. The Morgan fingerprint density at radius 2 is 1.85 bits per heavy atom. The van der Waals surface area contributed by atoms with Crippen molar-refractivity contribution in [1.82, 2.24) is 4.98 Å². The average molecular weight is 369 g/mol. The molecule has 4 rings (SSSR count). The topological polar surface area (TPSA) is 65.8 Å². The highest BCUT2D eigenvalue weighted by molar-refractivity contribution is 7.19. The van der Waals surface area contributed by atoms with E-state index in [4.69, 9.17) is 0 Å². The summed E-state index contributed by atoms with van der Waals surface area (Å²) in [7, 11) is 0. The summed E-state index contributed by atoms with van der Waals surface area (Å²) in [4.78, 5) is 17.6. The molecule has 0 aliphatic heterocycles. The maximum atomic E-state index is 12.6. The molecule has 0 spiro atoms. The molecule has 0 radical (unpaired) electrons. The SMILES string of the molecule is N#Cc1cc(-c2ccncc2)sc1NC(=O)Cc1cccc2ccccc12. The van der Waals surface area contributed by atoms with E-state index >= 15 is 0 Å². The minimum atomic E-state index is -0.133. The molecule has 0 saturated carbocycles. The Bertz CT molecular complexity index is 1150. The third-order valence-electron chi connectivity index (χ3n) is 4.30. The molecule has 0 saturated heterocycles. The fraction of sp³-hybridized carbons (Fsp3) is 0.0455. The number of nitrogens with one attached hydrogen (secondary N) is 1. The Morgan fingerprint density at radius 1 is 1.07 bits per heavy atom. The van der Waals surface area contributed by atoms with Crippen molar-refractivity contribution in [2.45, 2.75) is 6.42 Å². The fourth-order valence-corrected chi connectivity index (χ4v) is 4.05. The van der Waals surface area contributed by atoms with Crippen LogP contribution in [0.4, 0.5) is 5.00 Å². The van der Waals surface area contributed by atoms with Gasteiger partial charge in [-0.25, -0.2) is 0 Å². The maximum Gasteiger partial charge on any atom is 0.229 e. The third kappa shape index (κ3) is 3.57. The Labute approximate surface area is 160 Å². The summed E-state index contributed by atoms with van der Waals surface area (Å²) in [5, 5.41) is 15.1. The summed E-state index contributed by atoms with van der Waals surface area (Å²) in [6.07, 6.45) is 3.68. The third-order valence-corrected chi connectivity index (χ3v) is 5.40. The highest BCUT2D eigenvalue weighted by Crippen LogP contribution is 2.35. The van der Waals surface area contributed by atoms with Crippen molar-refractivity contribution in [3.8, 4) is 16.5 Å². The number of aromatic nitrogens is 1. The molecule has 0 aliphatic rings. The number of fused-ring (bicyclic) bond motifs is 1. The van der Waals surface area contributed by atoms with Gasteiger partial charge in [-0.2, -0.15) is 5.26 Å². The van der Waals surface area contributed by atoms with Gasteiger partial charge < -0.3 is 5.32 Å². The lowest BCUT2D eigenvalue weighted by Crippen LogP contribution is -2.14. The number of nitrogens with zero attached hydrogens (tertiary/aromatic N) is 2. The van der Waals surface area contributed by atoms with E-state index in [9.17, 15) is 10.1 Å². The first kappa shape index (κ1) is 17.0. The zero-order valence-electron chi connectivity index (χ0n) is 14.3. The number of amides is 1. The molecule has 2 aromatic carbocycles. The summed E-state index contributed by atoms with van der Waals surface area (Å²) in [5.74, 6) is -0.133. The van der Waals surface area contributed by atoms with Crippen LogP contribution in [0.2, 0.25) is 0 Å². The Morgan fingerprint density at radius 3 is 2.67 bits per heavy atom. The quantitative estimate of drug-likeness (QED) is 0.549. The number of hydrogen-bond acceptors (Lipinski definition) is 4. The molecule has 2 aromatic heterocycles. The van der Waals surface area contributed by atoms with Gasteiger partial charge in [0.25, 0.3) is 0 Å². The predicted octanol–water partition coefficient (Wildman–Crippen LogP) is 5.02. The number of carbonyl (C=O) groups excluding carboxylic acids is 1. The number of anilines is 1. The highest BCUT2D eigenvalue weighted by Gasteiger charge is 2.14. The first-order chi connectivity index (χ1) is 13.2. The number of nitriles is 1. The molecule has 1 N–H and O–H groups in total. The van der Waals surface area contributed by atoms with Crippen LogP contribution in [0, 0.1) is 11.3 Å². The number of carbonyl (C=O) groups is 1. The van der Waals surface area contributed by atoms with Gasteiger partial charge in [0.05, 0.1) is 12.0 Å². The second-order valence-corrected chi connectivity index (χ2v) is 7.12. The summed E-state index contributed by atoms with van der Waals surface area (Å²) in [5.41, 5.74) is 2.41. The van der Waals surface area contributed by atoms with E-state index in [1.165, 1.54) is 11.3 Å². The van der Waals surface area contributed by atoms with Crippen molar-refractivity contribution >= 4 is 33.0 Å². The summed E-state index contributed by atoms with van der Waals surface area (Å²) < 4.78 is 0.